The van der Waals surface area contributed by atoms with Crippen molar-refractivity contribution in [2.45, 2.75) is 187 Å². The van der Waals surface area contributed by atoms with Crippen molar-refractivity contribution in [2.24, 2.45) is 4.99 Å². The minimum Gasteiger partial charge on any atom is -1.00 e. The molecule has 11 heteroatoms. The number of esters is 2. The van der Waals surface area contributed by atoms with Crippen LogP contribution in [0.4, 0.5) is 8.63 Å². The summed E-state index contributed by atoms with van der Waals surface area (Å²) >= 11 is 0. The summed E-state index contributed by atoms with van der Waals surface area (Å²) in [7, 11) is 3.55. The number of ether oxygens (including phenoxy) is 2. The van der Waals surface area contributed by atoms with Crippen LogP contribution in [0.25, 0.3) is 6.08 Å². The van der Waals surface area contributed by atoms with Gasteiger partial charge in [-0.25, -0.2) is 0 Å². The Balaban J connectivity index is 0.0000168. The lowest BCUT2D eigenvalue weighted by atomic mass is 10.0. The number of unbranched alkanes of at least 4 members (excludes halogenated alkanes) is 19. The van der Waals surface area contributed by atoms with E-state index in [1.54, 1.807) is 12.1 Å². The zero-order chi connectivity index (χ0) is 41.7. The third-order valence-electron chi connectivity index (χ3n) is 10.6. The molecule has 0 spiro atoms. The highest BCUT2D eigenvalue weighted by molar-refractivity contribution is 6.41. The third-order valence-corrected chi connectivity index (χ3v) is 10.6. The Kier molecular flexibility index (Phi) is 29.8. The molecule has 0 saturated heterocycles. The van der Waals surface area contributed by atoms with Gasteiger partial charge in [-0.05, 0) is 95.1 Å². The fourth-order valence-corrected chi connectivity index (χ4v) is 7.44. The van der Waals surface area contributed by atoms with Crippen LogP contribution in [-0.4, -0.2) is 74.4 Å². The molecule has 1 atom stereocenters. The molecule has 0 aliphatic carbocycles. The highest BCUT2D eigenvalue weighted by Gasteiger charge is 2.25. The smallest absolute Gasteiger partial charge is 0.677 e. The molecule has 0 fully saturated rings. The Morgan fingerprint density at radius 2 is 1.28 bits per heavy atom. The van der Waals surface area contributed by atoms with Crippen molar-refractivity contribution in [1.29, 1.82) is 0 Å². The summed E-state index contributed by atoms with van der Waals surface area (Å²) in [6, 6.07) is 3.59. The molecule has 7 nitrogen and oxygen atoms in total. The first kappa shape index (κ1) is 53.5. The summed E-state index contributed by atoms with van der Waals surface area (Å²) < 4.78 is 41.0. The normalized spacial score (nSPS) is 14.1. The van der Waals surface area contributed by atoms with Crippen LogP contribution in [0, 0.1) is 0 Å². The molecule has 0 aromatic carbocycles. The second-order valence-corrected chi connectivity index (χ2v) is 17.3. The Labute approximate surface area is 363 Å². The van der Waals surface area contributed by atoms with Gasteiger partial charge in [-0.15, -0.1) is 0 Å². The van der Waals surface area contributed by atoms with Gasteiger partial charge in [-0.1, -0.05) is 115 Å². The van der Waals surface area contributed by atoms with E-state index in [9.17, 15) is 18.2 Å². The summed E-state index contributed by atoms with van der Waals surface area (Å²) in [4.78, 5) is 29.6. The van der Waals surface area contributed by atoms with Gasteiger partial charge >= 0.3 is 19.3 Å². The SMILES string of the molecule is CCCCCCCC/C=C/CCCCCCCC(=O)OCC(C[N+](C)(C)C)OC(=O)CCCCCCCCCCCc1ccc(/C=C2/N=C(C)C=C2C)n1B(F)F.[Br-]. The van der Waals surface area contributed by atoms with Crippen molar-refractivity contribution >= 4 is 31.1 Å². The highest BCUT2D eigenvalue weighted by atomic mass is 79.9. The average molecular weight is 879 g/mol. The van der Waals surface area contributed by atoms with E-state index >= 15 is 0 Å². The maximum Gasteiger partial charge on any atom is 0.677 e. The summed E-state index contributed by atoms with van der Waals surface area (Å²) in [5.74, 6) is -0.435. The van der Waals surface area contributed by atoms with Crippen LogP contribution in [0.15, 0.2) is 46.6 Å². The molecule has 1 aliphatic heterocycles. The van der Waals surface area contributed by atoms with Crippen LogP contribution in [0.5, 0.6) is 0 Å². The van der Waals surface area contributed by atoms with E-state index in [2.05, 4.69) is 24.1 Å². The summed E-state index contributed by atoms with van der Waals surface area (Å²) in [5, 5.41) is 0. The van der Waals surface area contributed by atoms with Gasteiger partial charge < -0.3 is 35.4 Å². The molecule has 0 saturated carbocycles. The van der Waals surface area contributed by atoms with Crippen LogP contribution in [0.2, 0.25) is 0 Å². The van der Waals surface area contributed by atoms with Gasteiger partial charge in [-0.3, -0.25) is 23.2 Å². The number of halogens is 3. The molecule has 1 aliphatic rings. The molecule has 0 radical (unpaired) electrons. The lowest BCUT2D eigenvalue weighted by Crippen LogP contribution is -3.00. The monoisotopic (exact) mass is 878 g/mol. The first-order valence-corrected chi connectivity index (χ1v) is 22.6. The Hall–Kier alpha value is -2.53. The van der Waals surface area contributed by atoms with E-state index in [1.807, 2.05) is 47.1 Å². The lowest BCUT2D eigenvalue weighted by molar-refractivity contribution is -0.873. The molecule has 1 aromatic rings. The summed E-state index contributed by atoms with van der Waals surface area (Å²) in [5.41, 5.74) is 3.80. The number of carbonyl (C=O) groups is 2. The highest BCUT2D eigenvalue weighted by Crippen LogP contribution is 2.24. The first-order chi connectivity index (χ1) is 27.4. The van der Waals surface area contributed by atoms with Crippen LogP contribution >= 0.6 is 0 Å². The number of aromatic nitrogens is 1. The second-order valence-electron chi connectivity index (χ2n) is 17.3. The number of allylic oxidation sites excluding steroid dienone is 4. The maximum atomic E-state index is 13.9. The molecular formula is C47H79BBrF2N3O4. The molecule has 2 heterocycles. The van der Waals surface area contributed by atoms with Gasteiger partial charge in [0.2, 0.25) is 0 Å². The number of aliphatic imine (C=N–C) groups is 1. The predicted molar refractivity (Wildman–Crippen MR) is 236 cm³/mol. The van der Waals surface area contributed by atoms with Crippen LogP contribution in [0.1, 0.15) is 186 Å². The van der Waals surface area contributed by atoms with Crippen molar-refractivity contribution in [3.8, 4) is 0 Å². The summed E-state index contributed by atoms with van der Waals surface area (Å²) in [6.45, 7) is 6.81. The molecule has 2 rings (SSSR count). The molecule has 1 unspecified atom stereocenters. The Morgan fingerprint density at radius 3 is 1.79 bits per heavy atom. The standard InChI is InChI=1S/C47H79BF2N3O4.BrH/c1-7-8-9-10-11-12-13-14-15-16-17-20-23-26-29-32-46(54)56-39-44(38-53(4,5)6)57-47(55)33-30-27-24-21-18-19-22-25-28-31-42-34-35-43(52(42)48(49)50)37-45-40(2)36-41(3)51-45;/h14-15,34-37,44H,7-13,16-33,38-39H2,1-6H3;1H/q+1;/p-1/b15-14+,45-37+;. The Bertz CT molecular complexity index is 1400. The van der Waals surface area contributed by atoms with Crippen LogP contribution < -0.4 is 17.0 Å². The van der Waals surface area contributed by atoms with Crippen molar-refractivity contribution in [2.75, 3.05) is 34.3 Å². The van der Waals surface area contributed by atoms with Gasteiger partial charge in [0.05, 0.1) is 26.8 Å². The topological polar surface area (TPSA) is 69.9 Å². The Morgan fingerprint density at radius 1 is 0.759 bits per heavy atom. The zero-order valence-electron chi connectivity index (χ0n) is 37.3. The van der Waals surface area contributed by atoms with E-state index in [1.165, 1.54) is 57.8 Å². The van der Waals surface area contributed by atoms with E-state index in [4.69, 9.17) is 9.47 Å². The molecule has 0 N–H and O–H groups in total. The van der Waals surface area contributed by atoms with Gasteiger partial charge in [0.15, 0.2) is 6.10 Å². The van der Waals surface area contributed by atoms with E-state index in [-0.39, 0.29) is 35.5 Å². The number of hydrogen-bond donors (Lipinski definition) is 0. The average Bonchev–Trinajstić information content (AvgIpc) is 3.70. The molecule has 0 bridgehead atoms. The second kappa shape index (κ2) is 32.3. The fourth-order valence-electron chi connectivity index (χ4n) is 7.44. The van der Waals surface area contributed by atoms with Crippen molar-refractivity contribution in [3.05, 3.63) is 53.0 Å². The lowest BCUT2D eigenvalue weighted by Gasteiger charge is -2.28. The van der Waals surface area contributed by atoms with Crippen LogP contribution in [0.3, 0.4) is 0 Å². The largest absolute Gasteiger partial charge is 1.00 e. The van der Waals surface area contributed by atoms with E-state index in [0.717, 1.165) is 105 Å². The number of hydrogen-bond acceptors (Lipinski definition) is 5. The molecular weight excluding hydrogens is 799 g/mol. The van der Waals surface area contributed by atoms with Gasteiger partial charge in [0.1, 0.15) is 13.2 Å². The van der Waals surface area contributed by atoms with Crippen LogP contribution in [-0.2, 0) is 25.5 Å². The minimum atomic E-state index is -2.58. The fraction of sp³-hybridized carbons (Fsp3) is 0.723. The molecule has 330 valence electrons. The number of nitrogens with zero attached hydrogens (tertiary/aromatic N) is 3. The number of likely N-dealkylation sites (N-methyl/N-ethyl adjacent to an activating group) is 1. The molecule has 1 aromatic heterocycles. The van der Waals surface area contributed by atoms with Gasteiger partial charge in [0, 0.05) is 29.9 Å². The van der Waals surface area contributed by atoms with E-state index < -0.39 is 13.5 Å². The van der Waals surface area contributed by atoms with Crippen molar-refractivity contribution in [3.63, 3.8) is 0 Å². The number of quaternary nitrogens is 1. The summed E-state index contributed by atoms with van der Waals surface area (Å²) in [6.07, 6.45) is 34.4. The number of aryl methyl sites for hydroxylation is 1. The predicted octanol–water partition coefficient (Wildman–Crippen LogP) is 9.67. The maximum absolute atomic E-state index is 13.9. The zero-order valence-corrected chi connectivity index (χ0v) is 38.9. The number of carbonyl (C=O) groups excluding carboxylic acids is 2. The molecule has 0 amide bonds. The number of rotatable bonds is 34. The minimum absolute atomic E-state index is 0. The first-order valence-electron chi connectivity index (χ1n) is 22.6. The third kappa shape index (κ3) is 25.8. The van der Waals surface area contributed by atoms with Crippen molar-refractivity contribution in [1.82, 2.24) is 4.48 Å². The van der Waals surface area contributed by atoms with Gasteiger partial charge in [-0.2, -0.15) is 0 Å². The van der Waals surface area contributed by atoms with Crippen molar-refractivity contribution < 1.29 is 49.2 Å². The van der Waals surface area contributed by atoms with E-state index in [0.29, 0.717) is 41.7 Å². The quantitative estimate of drug-likeness (QED) is 0.0228. The van der Waals surface area contributed by atoms with Gasteiger partial charge in [0.25, 0.3) is 0 Å². The molecule has 58 heavy (non-hydrogen) atoms.